The summed E-state index contributed by atoms with van der Waals surface area (Å²) in [6.07, 6.45) is 3.43. The molecule has 1 aromatic heterocycles. The van der Waals surface area contributed by atoms with Crippen molar-refractivity contribution in [2.75, 3.05) is 7.05 Å². The number of carbonyl (C=O) groups is 1. The highest BCUT2D eigenvalue weighted by atomic mass is 35.5. The second-order valence-corrected chi connectivity index (χ2v) is 8.47. The van der Waals surface area contributed by atoms with Crippen molar-refractivity contribution in [3.8, 4) is 5.75 Å². The smallest absolute Gasteiger partial charge is 0.266 e. The molecule has 0 radical (unpaired) electrons. The van der Waals surface area contributed by atoms with Gasteiger partial charge in [0.1, 0.15) is 18.0 Å². The zero-order valence-corrected chi connectivity index (χ0v) is 18.8. The fourth-order valence-corrected chi connectivity index (χ4v) is 4.04. The number of likely N-dealkylation sites (N-methyl/N-ethyl adjacent to an activating group) is 1. The Morgan fingerprint density at radius 2 is 1.84 bits per heavy atom. The van der Waals surface area contributed by atoms with Gasteiger partial charge in [-0.25, -0.2) is 9.98 Å². The van der Waals surface area contributed by atoms with E-state index in [0.717, 1.165) is 16.9 Å². The minimum atomic E-state index is -0.119. The Bertz CT molecular complexity index is 1160. The summed E-state index contributed by atoms with van der Waals surface area (Å²) in [6.45, 7) is 0.452. The summed E-state index contributed by atoms with van der Waals surface area (Å²) < 4.78 is 5.81. The van der Waals surface area contributed by atoms with Crippen molar-refractivity contribution >= 4 is 57.8 Å². The first-order valence-electron chi connectivity index (χ1n) is 9.34. The third kappa shape index (κ3) is 5.28. The van der Waals surface area contributed by atoms with Crippen LogP contribution in [0.5, 0.6) is 5.75 Å². The largest absolute Gasteiger partial charge is 0.489 e. The maximum Gasteiger partial charge on any atom is 0.266 e. The summed E-state index contributed by atoms with van der Waals surface area (Å²) in [4.78, 5) is 23.2. The number of thioether (sulfide) groups is 1. The van der Waals surface area contributed by atoms with Gasteiger partial charge >= 0.3 is 0 Å². The Balaban J connectivity index is 1.45. The third-order valence-electron chi connectivity index (χ3n) is 4.46. The van der Waals surface area contributed by atoms with E-state index < -0.39 is 0 Å². The Morgan fingerprint density at radius 1 is 1.10 bits per heavy atom. The van der Waals surface area contributed by atoms with Crippen LogP contribution in [0.3, 0.4) is 0 Å². The van der Waals surface area contributed by atoms with E-state index in [0.29, 0.717) is 32.5 Å². The normalized spacial score (nSPS) is 16.4. The van der Waals surface area contributed by atoms with E-state index in [9.17, 15) is 4.79 Å². The zero-order valence-electron chi connectivity index (χ0n) is 16.5. The fraction of sp³-hybridized carbons (Fsp3) is 0.0870. The number of nitrogens with zero attached hydrogens (tertiary/aromatic N) is 3. The van der Waals surface area contributed by atoms with E-state index in [1.165, 1.54) is 16.7 Å². The van der Waals surface area contributed by atoms with Gasteiger partial charge < -0.3 is 4.74 Å². The highest BCUT2D eigenvalue weighted by Gasteiger charge is 2.30. The Hall–Kier alpha value is -2.80. The van der Waals surface area contributed by atoms with Gasteiger partial charge in [-0.3, -0.25) is 9.69 Å². The molecule has 1 amide bonds. The van der Waals surface area contributed by atoms with Crippen LogP contribution < -0.4 is 4.74 Å². The molecule has 5 nitrogen and oxygen atoms in total. The standard InChI is InChI=1S/C23H17Cl2N3O2S/c1-28-22(29)20(31-23(28)27-19-3-2-12-26-21(19)25)13-15-6-10-18(11-7-15)30-14-16-4-8-17(24)9-5-16/h2-13H,14H2,1H3/b20-13-,27-23?. The van der Waals surface area contributed by atoms with E-state index in [-0.39, 0.29) is 5.91 Å². The topological polar surface area (TPSA) is 54.8 Å². The van der Waals surface area contributed by atoms with Crippen LogP contribution in [-0.2, 0) is 11.4 Å². The summed E-state index contributed by atoms with van der Waals surface area (Å²) >= 11 is 13.3. The van der Waals surface area contributed by atoms with Crippen molar-refractivity contribution in [1.82, 2.24) is 9.88 Å². The van der Waals surface area contributed by atoms with Gasteiger partial charge in [-0.05, 0) is 65.4 Å². The maximum absolute atomic E-state index is 12.6. The monoisotopic (exact) mass is 469 g/mol. The molecule has 1 aliphatic heterocycles. The van der Waals surface area contributed by atoms with Crippen molar-refractivity contribution < 1.29 is 9.53 Å². The van der Waals surface area contributed by atoms with Gasteiger partial charge in [0.25, 0.3) is 5.91 Å². The highest BCUT2D eigenvalue weighted by molar-refractivity contribution is 8.18. The molecule has 0 atom stereocenters. The van der Waals surface area contributed by atoms with Crippen molar-refractivity contribution in [2.24, 2.45) is 4.99 Å². The van der Waals surface area contributed by atoms with E-state index in [4.69, 9.17) is 27.9 Å². The number of pyridine rings is 1. The molecule has 0 bridgehead atoms. The number of amidine groups is 1. The van der Waals surface area contributed by atoms with Gasteiger partial charge in [0.05, 0.1) is 4.91 Å². The molecule has 3 aromatic rings. The summed E-state index contributed by atoms with van der Waals surface area (Å²) in [5, 5.41) is 1.54. The number of benzene rings is 2. The Kier molecular flexibility index (Phi) is 6.61. The SMILES string of the molecule is CN1C(=O)/C(=C/c2ccc(OCc3ccc(Cl)cc3)cc2)SC1=Nc1cccnc1Cl. The van der Waals surface area contributed by atoms with Crippen molar-refractivity contribution in [2.45, 2.75) is 6.61 Å². The molecule has 0 N–H and O–H groups in total. The number of amides is 1. The molecular weight excluding hydrogens is 453 g/mol. The number of hydrogen-bond acceptors (Lipinski definition) is 5. The fourth-order valence-electron chi connectivity index (χ4n) is 2.77. The number of carbonyl (C=O) groups excluding carboxylic acids is 1. The molecule has 4 rings (SSSR count). The average molecular weight is 470 g/mol. The first-order chi connectivity index (χ1) is 15.0. The van der Waals surface area contributed by atoms with Gasteiger partial charge in [-0.2, -0.15) is 0 Å². The second-order valence-electron chi connectivity index (χ2n) is 6.67. The summed E-state index contributed by atoms with van der Waals surface area (Å²) in [6, 6.07) is 18.6. The molecule has 0 unspecified atom stereocenters. The number of aromatic nitrogens is 1. The molecule has 0 aliphatic carbocycles. The lowest BCUT2D eigenvalue weighted by Gasteiger charge is -2.07. The van der Waals surface area contributed by atoms with Crippen molar-refractivity contribution in [3.05, 3.63) is 93.1 Å². The predicted molar refractivity (Wildman–Crippen MR) is 127 cm³/mol. The molecule has 2 aromatic carbocycles. The lowest BCUT2D eigenvalue weighted by atomic mass is 10.2. The van der Waals surface area contributed by atoms with Crippen LogP contribution in [0.1, 0.15) is 11.1 Å². The minimum absolute atomic E-state index is 0.119. The zero-order chi connectivity index (χ0) is 21.8. The van der Waals surface area contributed by atoms with E-state index >= 15 is 0 Å². The summed E-state index contributed by atoms with van der Waals surface area (Å²) in [7, 11) is 1.69. The number of halogens is 2. The predicted octanol–water partition coefficient (Wildman–Crippen LogP) is 6.20. The number of rotatable bonds is 5. The van der Waals surface area contributed by atoms with Gasteiger partial charge in [0, 0.05) is 18.3 Å². The van der Waals surface area contributed by atoms with Crippen LogP contribution in [0.2, 0.25) is 10.2 Å². The molecule has 1 saturated heterocycles. The van der Waals surface area contributed by atoms with Gasteiger partial charge in [-0.15, -0.1) is 0 Å². The first-order valence-corrected chi connectivity index (χ1v) is 10.9. The maximum atomic E-state index is 12.6. The van der Waals surface area contributed by atoms with Gasteiger partial charge in [0.2, 0.25) is 0 Å². The van der Waals surface area contributed by atoms with E-state index in [1.54, 1.807) is 25.4 Å². The van der Waals surface area contributed by atoms with Crippen LogP contribution in [0.25, 0.3) is 6.08 Å². The van der Waals surface area contributed by atoms with Gasteiger partial charge in [-0.1, -0.05) is 47.5 Å². The Morgan fingerprint density at radius 3 is 2.55 bits per heavy atom. The minimum Gasteiger partial charge on any atom is -0.489 e. The molecule has 0 saturated carbocycles. The van der Waals surface area contributed by atoms with Crippen LogP contribution >= 0.6 is 35.0 Å². The quantitative estimate of drug-likeness (QED) is 0.329. The Labute approximate surface area is 194 Å². The lowest BCUT2D eigenvalue weighted by Crippen LogP contribution is -2.23. The third-order valence-corrected chi connectivity index (χ3v) is 6.06. The van der Waals surface area contributed by atoms with Crippen LogP contribution in [0, 0.1) is 0 Å². The summed E-state index contributed by atoms with van der Waals surface area (Å²) in [5.41, 5.74) is 2.45. The van der Waals surface area contributed by atoms with Crippen LogP contribution in [0.4, 0.5) is 5.69 Å². The number of aliphatic imine (C=N–C) groups is 1. The first kappa shape index (κ1) is 21.4. The van der Waals surface area contributed by atoms with E-state index in [1.807, 2.05) is 54.6 Å². The molecule has 156 valence electrons. The number of ether oxygens (including phenoxy) is 1. The van der Waals surface area contributed by atoms with E-state index in [2.05, 4.69) is 9.98 Å². The van der Waals surface area contributed by atoms with Crippen LogP contribution in [-0.4, -0.2) is 28.0 Å². The van der Waals surface area contributed by atoms with Crippen molar-refractivity contribution in [3.63, 3.8) is 0 Å². The molecule has 1 aliphatic rings. The van der Waals surface area contributed by atoms with Crippen molar-refractivity contribution in [1.29, 1.82) is 0 Å². The molecular formula is C23H17Cl2N3O2S. The highest BCUT2D eigenvalue weighted by Crippen LogP contribution is 2.34. The average Bonchev–Trinajstić information content (AvgIpc) is 3.04. The molecule has 0 spiro atoms. The molecule has 2 heterocycles. The number of hydrogen-bond donors (Lipinski definition) is 0. The summed E-state index contributed by atoms with van der Waals surface area (Å²) in [5.74, 6) is 0.625. The second kappa shape index (κ2) is 9.56. The lowest BCUT2D eigenvalue weighted by molar-refractivity contribution is -0.121. The molecule has 1 fully saturated rings. The van der Waals surface area contributed by atoms with Gasteiger partial charge in [0.15, 0.2) is 10.3 Å². The van der Waals surface area contributed by atoms with Crippen LogP contribution in [0.15, 0.2) is 76.8 Å². The molecule has 8 heteroatoms. The molecule has 31 heavy (non-hydrogen) atoms.